The number of ether oxygens (including phenoxy) is 1. The minimum atomic E-state index is 0.138. The first-order valence-electron chi connectivity index (χ1n) is 8.46. The van der Waals surface area contributed by atoms with Gasteiger partial charge in [-0.25, -0.2) is 0 Å². The molecule has 1 fully saturated rings. The van der Waals surface area contributed by atoms with Crippen molar-refractivity contribution in [1.82, 2.24) is 5.32 Å². The molecule has 0 aliphatic heterocycles. The summed E-state index contributed by atoms with van der Waals surface area (Å²) in [5.41, 5.74) is 0.138. The van der Waals surface area contributed by atoms with Crippen LogP contribution < -0.4 is 5.32 Å². The van der Waals surface area contributed by atoms with Crippen molar-refractivity contribution in [3.05, 3.63) is 0 Å². The zero-order valence-corrected chi connectivity index (χ0v) is 13.6. The van der Waals surface area contributed by atoms with Crippen molar-refractivity contribution in [2.45, 2.75) is 78.2 Å². The molecule has 0 atom stereocenters. The van der Waals surface area contributed by atoms with Gasteiger partial charge in [-0.2, -0.15) is 0 Å². The van der Waals surface area contributed by atoms with Gasteiger partial charge in [0.05, 0.1) is 5.60 Å². The van der Waals surface area contributed by atoms with Crippen molar-refractivity contribution in [3.8, 4) is 0 Å². The third kappa shape index (κ3) is 6.27. The van der Waals surface area contributed by atoms with Gasteiger partial charge in [-0.05, 0) is 56.9 Å². The molecule has 0 aromatic heterocycles. The summed E-state index contributed by atoms with van der Waals surface area (Å²) in [6.45, 7) is 12.1. The average molecular weight is 269 g/mol. The fourth-order valence-electron chi connectivity index (χ4n) is 3.12. The van der Waals surface area contributed by atoms with E-state index in [9.17, 15) is 0 Å². The molecule has 2 nitrogen and oxygen atoms in total. The van der Waals surface area contributed by atoms with Crippen LogP contribution in [0.2, 0.25) is 0 Å². The van der Waals surface area contributed by atoms with Crippen LogP contribution in [0.25, 0.3) is 0 Å². The highest BCUT2D eigenvalue weighted by Crippen LogP contribution is 2.36. The maximum absolute atomic E-state index is 6.35. The van der Waals surface area contributed by atoms with Crippen molar-refractivity contribution in [2.24, 2.45) is 11.8 Å². The molecule has 1 saturated carbocycles. The highest BCUT2D eigenvalue weighted by Gasteiger charge is 2.35. The standard InChI is InChI=1S/C17H35NO/c1-5-16-9-11-17(12-10-16,14-18-6-2)19-13-7-8-15(3)4/h15-16,18H,5-14H2,1-4H3. The van der Waals surface area contributed by atoms with E-state index in [4.69, 9.17) is 4.74 Å². The molecule has 0 aromatic carbocycles. The van der Waals surface area contributed by atoms with Gasteiger partial charge in [-0.3, -0.25) is 0 Å². The summed E-state index contributed by atoms with van der Waals surface area (Å²) in [6, 6.07) is 0. The molecule has 0 aromatic rings. The predicted octanol–water partition coefficient (Wildman–Crippen LogP) is 4.39. The molecule has 0 saturated heterocycles. The van der Waals surface area contributed by atoms with Crippen LogP contribution in [0.15, 0.2) is 0 Å². The molecular weight excluding hydrogens is 234 g/mol. The van der Waals surface area contributed by atoms with Crippen LogP contribution >= 0.6 is 0 Å². The smallest absolute Gasteiger partial charge is 0.0806 e. The number of rotatable bonds is 9. The Balaban J connectivity index is 2.38. The zero-order valence-electron chi connectivity index (χ0n) is 13.6. The van der Waals surface area contributed by atoms with Gasteiger partial charge in [0.1, 0.15) is 0 Å². The second-order valence-electron chi connectivity index (χ2n) is 6.70. The molecule has 0 bridgehead atoms. The van der Waals surface area contributed by atoms with Gasteiger partial charge in [0.15, 0.2) is 0 Å². The van der Waals surface area contributed by atoms with Gasteiger partial charge in [0.2, 0.25) is 0 Å². The van der Waals surface area contributed by atoms with Crippen LogP contribution in [0.1, 0.15) is 72.6 Å². The lowest BCUT2D eigenvalue weighted by atomic mass is 9.77. The first-order chi connectivity index (χ1) is 9.12. The molecule has 1 N–H and O–H groups in total. The summed E-state index contributed by atoms with van der Waals surface area (Å²) in [7, 11) is 0. The first kappa shape index (κ1) is 17.0. The second-order valence-corrected chi connectivity index (χ2v) is 6.70. The fourth-order valence-corrected chi connectivity index (χ4v) is 3.12. The van der Waals surface area contributed by atoms with Gasteiger partial charge >= 0.3 is 0 Å². The van der Waals surface area contributed by atoms with E-state index >= 15 is 0 Å². The summed E-state index contributed by atoms with van der Waals surface area (Å²) in [4.78, 5) is 0. The Kier molecular flexibility index (Phi) is 8.01. The van der Waals surface area contributed by atoms with Crippen molar-refractivity contribution >= 4 is 0 Å². The highest BCUT2D eigenvalue weighted by atomic mass is 16.5. The Morgan fingerprint density at radius 2 is 1.89 bits per heavy atom. The van der Waals surface area contributed by atoms with Crippen LogP contribution in [-0.4, -0.2) is 25.3 Å². The lowest BCUT2D eigenvalue weighted by molar-refractivity contribution is -0.0779. The van der Waals surface area contributed by atoms with E-state index in [-0.39, 0.29) is 5.60 Å². The summed E-state index contributed by atoms with van der Waals surface area (Å²) in [5.74, 6) is 1.73. The lowest BCUT2D eigenvalue weighted by Crippen LogP contribution is -2.46. The SMILES string of the molecule is CCNCC1(OCCCC(C)C)CCC(CC)CC1. The molecule has 19 heavy (non-hydrogen) atoms. The molecule has 0 spiro atoms. The minimum Gasteiger partial charge on any atom is -0.374 e. The predicted molar refractivity (Wildman–Crippen MR) is 83.5 cm³/mol. The number of nitrogens with one attached hydrogen (secondary N) is 1. The zero-order chi connectivity index (χ0) is 14.1. The maximum atomic E-state index is 6.35. The topological polar surface area (TPSA) is 21.3 Å². The number of hydrogen-bond acceptors (Lipinski definition) is 2. The molecule has 0 unspecified atom stereocenters. The van der Waals surface area contributed by atoms with Gasteiger partial charge in [0, 0.05) is 13.2 Å². The quantitative estimate of drug-likeness (QED) is 0.627. The second kappa shape index (κ2) is 8.97. The van der Waals surface area contributed by atoms with Gasteiger partial charge in [0.25, 0.3) is 0 Å². The minimum absolute atomic E-state index is 0.138. The van der Waals surface area contributed by atoms with E-state index in [0.29, 0.717) is 0 Å². The van der Waals surface area contributed by atoms with Crippen LogP contribution in [0, 0.1) is 11.8 Å². The van der Waals surface area contributed by atoms with Gasteiger partial charge in [-0.1, -0.05) is 34.1 Å². The summed E-state index contributed by atoms with van der Waals surface area (Å²) in [5, 5.41) is 3.52. The van der Waals surface area contributed by atoms with Crippen molar-refractivity contribution in [1.29, 1.82) is 0 Å². The summed E-state index contributed by atoms with van der Waals surface area (Å²) < 4.78 is 6.35. The van der Waals surface area contributed by atoms with E-state index in [0.717, 1.165) is 31.5 Å². The third-order valence-corrected chi connectivity index (χ3v) is 4.62. The number of hydrogen-bond donors (Lipinski definition) is 1. The van der Waals surface area contributed by atoms with Gasteiger partial charge in [-0.15, -0.1) is 0 Å². The Hall–Kier alpha value is -0.0800. The van der Waals surface area contributed by atoms with E-state index in [1.165, 1.54) is 44.9 Å². The molecule has 1 aliphatic rings. The van der Waals surface area contributed by atoms with E-state index in [1.807, 2.05) is 0 Å². The molecule has 2 heteroatoms. The van der Waals surface area contributed by atoms with Crippen molar-refractivity contribution < 1.29 is 4.74 Å². The molecule has 0 amide bonds. The fraction of sp³-hybridized carbons (Fsp3) is 1.00. The van der Waals surface area contributed by atoms with Crippen LogP contribution in [-0.2, 0) is 4.74 Å². The Bertz CT molecular complexity index is 219. The molecular formula is C17H35NO. The normalized spacial score (nSPS) is 27.9. The lowest BCUT2D eigenvalue weighted by Gasteiger charge is -2.40. The highest BCUT2D eigenvalue weighted by molar-refractivity contribution is 4.89. The Morgan fingerprint density at radius 1 is 1.21 bits per heavy atom. The molecule has 114 valence electrons. The monoisotopic (exact) mass is 269 g/mol. The average Bonchev–Trinajstić information content (AvgIpc) is 2.42. The molecule has 1 rings (SSSR count). The van der Waals surface area contributed by atoms with Crippen LogP contribution in [0.3, 0.4) is 0 Å². The first-order valence-corrected chi connectivity index (χ1v) is 8.46. The Labute approximate surface area is 120 Å². The van der Waals surface area contributed by atoms with Crippen LogP contribution in [0.4, 0.5) is 0 Å². The van der Waals surface area contributed by atoms with E-state index in [2.05, 4.69) is 33.0 Å². The molecule has 0 heterocycles. The van der Waals surface area contributed by atoms with Crippen molar-refractivity contribution in [2.75, 3.05) is 19.7 Å². The number of likely N-dealkylation sites (N-methyl/N-ethyl adjacent to an activating group) is 1. The maximum Gasteiger partial charge on any atom is 0.0806 e. The summed E-state index contributed by atoms with van der Waals surface area (Å²) in [6.07, 6.45) is 9.04. The summed E-state index contributed by atoms with van der Waals surface area (Å²) >= 11 is 0. The molecule has 1 aliphatic carbocycles. The van der Waals surface area contributed by atoms with E-state index in [1.54, 1.807) is 0 Å². The van der Waals surface area contributed by atoms with Crippen LogP contribution in [0.5, 0.6) is 0 Å². The van der Waals surface area contributed by atoms with Gasteiger partial charge < -0.3 is 10.1 Å². The van der Waals surface area contributed by atoms with E-state index < -0.39 is 0 Å². The third-order valence-electron chi connectivity index (χ3n) is 4.62. The largest absolute Gasteiger partial charge is 0.374 e. The van der Waals surface area contributed by atoms with Crippen molar-refractivity contribution in [3.63, 3.8) is 0 Å². The molecule has 0 radical (unpaired) electrons. The Morgan fingerprint density at radius 3 is 2.42 bits per heavy atom.